The molecule has 138 valence electrons. The molecule has 0 spiro atoms. The predicted octanol–water partition coefficient (Wildman–Crippen LogP) is 1.94. The quantitative estimate of drug-likeness (QED) is 0.714. The molecule has 1 aromatic heterocycles. The zero-order chi connectivity index (χ0) is 18.9. The lowest BCUT2D eigenvalue weighted by molar-refractivity contribution is -0.145. The van der Waals surface area contributed by atoms with Gasteiger partial charge in [0.15, 0.2) is 5.76 Å². The van der Waals surface area contributed by atoms with Crippen molar-refractivity contribution in [2.45, 2.75) is 25.8 Å². The van der Waals surface area contributed by atoms with Crippen molar-refractivity contribution >= 4 is 17.8 Å². The number of amides is 2. The summed E-state index contributed by atoms with van der Waals surface area (Å²) < 4.78 is 5.07. The van der Waals surface area contributed by atoms with E-state index in [1.54, 1.807) is 6.07 Å². The standard InChI is InChI=1S/C19H22N2O5/c1-2-10-21(13-17(22)23)19(25)15(12-14-7-4-3-5-8-14)20-18(24)16-9-6-11-26-16/h3-9,11,15H,2,10,12-13H2,1H3,(H,20,24)(H,22,23). The Balaban J connectivity index is 2.21. The Labute approximate surface area is 151 Å². The molecule has 7 nitrogen and oxygen atoms in total. The molecule has 0 fully saturated rings. The van der Waals surface area contributed by atoms with Gasteiger partial charge in [0, 0.05) is 13.0 Å². The highest BCUT2D eigenvalue weighted by atomic mass is 16.4. The Morgan fingerprint density at radius 3 is 2.46 bits per heavy atom. The molecule has 0 radical (unpaired) electrons. The first kappa shape index (κ1) is 19.2. The molecule has 1 atom stereocenters. The van der Waals surface area contributed by atoms with Crippen molar-refractivity contribution in [1.82, 2.24) is 10.2 Å². The third kappa shape index (κ3) is 5.47. The fourth-order valence-corrected chi connectivity index (χ4v) is 2.61. The van der Waals surface area contributed by atoms with Crippen molar-refractivity contribution in [2.75, 3.05) is 13.1 Å². The van der Waals surface area contributed by atoms with E-state index in [4.69, 9.17) is 9.52 Å². The van der Waals surface area contributed by atoms with Gasteiger partial charge < -0.3 is 19.7 Å². The number of carboxylic acids is 1. The first-order chi connectivity index (χ1) is 12.5. The number of carbonyl (C=O) groups excluding carboxylic acids is 2. The summed E-state index contributed by atoms with van der Waals surface area (Å²) >= 11 is 0. The van der Waals surface area contributed by atoms with Crippen LogP contribution in [0.15, 0.2) is 53.1 Å². The fourth-order valence-electron chi connectivity index (χ4n) is 2.61. The molecule has 2 aromatic rings. The maximum atomic E-state index is 12.9. The van der Waals surface area contributed by atoms with Gasteiger partial charge in [0.2, 0.25) is 5.91 Å². The lowest BCUT2D eigenvalue weighted by Crippen LogP contribution is -2.51. The summed E-state index contributed by atoms with van der Waals surface area (Å²) in [7, 11) is 0. The number of nitrogens with one attached hydrogen (secondary N) is 1. The summed E-state index contributed by atoms with van der Waals surface area (Å²) in [6, 6.07) is 11.4. The molecule has 2 rings (SSSR count). The van der Waals surface area contributed by atoms with Gasteiger partial charge in [-0.1, -0.05) is 37.3 Å². The van der Waals surface area contributed by atoms with Crippen molar-refractivity contribution < 1.29 is 23.9 Å². The topological polar surface area (TPSA) is 99.9 Å². The Morgan fingerprint density at radius 1 is 1.15 bits per heavy atom. The Kier molecular flexibility index (Phi) is 6.96. The molecule has 0 saturated carbocycles. The molecule has 0 aliphatic carbocycles. The van der Waals surface area contributed by atoms with Crippen molar-refractivity contribution in [3.05, 3.63) is 60.1 Å². The molecule has 1 unspecified atom stereocenters. The van der Waals surface area contributed by atoms with Crippen LogP contribution in [-0.4, -0.2) is 46.9 Å². The summed E-state index contributed by atoms with van der Waals surface area (Å²) in [4.78, 5) is 37.5. The maximum absolute atomic E-state index is 12.9. The van der Waals surface area contributed by atoms with Gasteiger partial charge in [-0.2, -0.15) is 0 Å². The second-order valence-corrected chi connectivity index (χ2v) is 5.85. The molecule has 0 aliphatic heterocycles. The van der Waals surface area contributed by atoms with E-state index in [2.05, 4.69) is 5.32 Å². The van der Waals surface area contributed by atoms with E-state index in [0.717, 1.165) is 5.56 Å². The second-order valence-electron chi connectivity index (χ2n) is 5.85. The molecule has 2 amide bonds. The largest absolute Gasteiger partial charge is 0.480 e. The number of aliphatic carboxylic acids is 1. The smallest absolute Gasteiger partial charge is 0.323 e. The van der Waals surface area contributed by atoms with Crippen molar-refractivity contribution in [2.24, 2.45) is 0 Å². The Bertz CT molecular complexity index is 728. The van der Waals surface area contributed by atoms with Gasteiger partial charge in [0.25, 0.3) is 5.91 Å². The van der Waals surface area contributed by atoms with Crippen LogP contribution in [0.2, 0.25) is 0 Å². The Morgan fingerprint density at radius 2 is 1.88 bits per heavy atom. The monoisotopic (exact) mass is 358 g/mol. The van der Waals surface area contributed by atoms with Crippen LogP contribution in [0.5, 0.6) is 0 Å². The van der Waals surface area contributed by atoms with Gasteiger partial charge in [-0.25, -0.2) is 0 Å². The van der Waals surface area contributed by atoms with Gasteiger partial charge in [-0.05, 0) is 24.1 Å². The van der Waals surface area contributed by atoms with Crippen LogP contribution >= 0.6 is 0 Å². The average molecular weight is 358 g/mol. The first-order valence-electron chi connectivity index (χ1n) is 8.40. The number of carbonyl (C=O) groups is 3. The van der Waals surface area contributed by atoms with Crippen LogP contribution in [0.3, 0.4) is 0 Å². The third-order valence-electron chi connectivity index (χ3n) is 3.76. The lowest BCUT2D eigenvalue weighted by Gasteiger charge is -2.26. The van der Waals surface area contributed by atoms with Crippen LogP contribution in [0.1, 0.15) is 29.5 Å². The summed E-state index contributed by atoms with van der Waals surface area (Å²) in [6.07, 6.45) is 2.24. The minimum absolute atomic E-state index is 0.0936. The van der Waals surface area contributed by atoms with Gasteiger partial charge >= 0.3 is 5.97 Å². The van der Waals surface area contributed by atoms with E-state index >= 15 is 0 Å². The minimum atomic E-state index is -1.09. The number of hydrogen-bond acceptors (Lipinski definition) is 4. The average Bonchev–Trinajstić information content (AvgIpc) is 3.15. The highest BCUT2D eigenvalue weighted by Gasteiger charge is 2.28. The van der Waals surface area contributed by atoms with E-state index in [1.807, 2.05) is 37.3 Å². The molecule has 0 saturated heterocycles. The third-order valence-corrected chi connectivity index (χ3v) is 3.76. The number of rotatable bonds is 9. The number of carboxylic acid groups (broad SMARTS) is 1. The van der Waals surface area contributed by atoms with E-state index in [9.17, 15) is 14.4 Å². The molecular formula is C19H22N2O5. The van der Waals surface area contributed by atoms with Crippen LogP contribution < -0.4 is 5.32 Å². The van der Waals surface area contributed by atoms with E-state index in [-0.39, 0.29) is 12.2 Å². The predicted molar refractivity (Wildman–Crippen MR) is 94.6 cm³/mol. The van der Waals surface area contributed by atoms with E-state index in [1.165, 1.54) is 17.2 Å². The summed E-state index contributed by atoms with van der Waals surface area (Å²) in [5, 5.41) is 11.7. The summed E-state index contributed by atoms with van der Waals surface area (Å²) in [5.41, 5.74) is 0.859. The van der Waals surface area contributed by atoms with Crippen LogP contribution in [0, 0.1) is 0 Å². The van der Waals surface area contributed by atoms with Crippen LogP contribution in [0.25, 0.3) is 0 Å². The van der Waals surface area contributed by atoms with Crippen LogP contribution in [0.4, 0.5) is 0 Å². The second kappa shape index (κ2) is 9.41. The molecule has 0 bridgehead atoms. The SMILES string of the molecule is CCCN(CC(=O)O)C(=O)C(Cc1ccccc1)NC(=O)c1ccco1. The molecule has 2 N–H and O–H groups in total. The van der Waals surface area contributed by atoms with Crippen molar-refractivity contribution in [1.29, 1.82) is 0 Å². The van der Waals surface area contributed by atoms with E-state index in [0.29, 0.717) is 13.0 Å². The maximum Gasteiger partial charge on any atom is 0.323 e. The minimum Gasteiger partial charge on any atom is -0.480 e. The molecule has 1 heterocycles. The van der Waals surface area contributed by atoms with Crippen LogP contribution in [-0.2, 0) is 16.0 Å². The van der Waals surface area contributed by atoms with Gasteiger partial charge in [-0.3, -0.25) is 14.4 Å². The highest BCUT2D eigenvalue weighted by Crippen LogP contribution is 2.09. The lowest BCUT2D eigenvalue weighted by atomic mass is 10.0. The highest BCUT2D eigenvalue weighted by molar-refractivity contribution is 5.96. The molecule has 0 aliphatic rings. The first-order valence-corrected chi connectivity index (χ1v) is 8.40. The van der Waals surface area contributed by atoms with E-state index < -0.39 is 30.4 Å². The van der Waals surface area contributed by atoms with Gasteiger partial charge in [0.1, 0.15) is 12.6 Å². The number of hydrogen-bond donors (Lipinski definition) is 2. The zero-order valence-electron chi connectivity index (χ0n) is 14.6. The molecule has 1 aromatic carbocycles. The molecular weight excluding hydrogens is 336 g/mol. The fraction of sp³-hybridized carbons (Fsp3) is 0.316. The normalized spacial score (nSPS) is 11.6. The van der Waals surface area contributed by atoms with Crippen molar-refractivity contribution in [3.8, 4) is 0 Å². The number of benzene rings is 1. The van der Waals surface area contributed by atoms with Gasteiger partial charge in [-0.15, -0.1) is 0 Å². The summed E-state index contributed by atoms with van der Waals surface area (Å²) in [6.45, 7) is 1.75. The Hall–Kier alpha value is -3.09. The summed E-state index contributed by atoms with van der Waals surface area (Å²) in [5.74, 6) is -1.95. The molecule has 7 heteroatoms. The number of nitrogens with zero attached hydrogens (tertiary/aromatic N) is 1. The van der Waals surface area contributed by atoms with Crippen molar-refractivity contribution in [3.63, 3.8) is 0 Å². The number of furan rings is 1. The zero-order valence-corrected chi connectivity index (χ0v) is 14.6. The van der Waals surface area contributed by atoms with Gasteiger partial charge in [0.05, 0.1) is 6.26 Å². The molecule has 26 heavy (non-hydrogen) atoms.